The third-order valence-electron chi connectivity index (χ3n) is 2.51. The SMILES string of the molecule is C=CC(=C\C=C/C)/C(C)=N/C(C)=C(\C)C(C)=O. The monoisotopic (exact) mass is 231 g/mol. The van der Waals surface area contributed by atoms with Gasteiger partial charge in [0.05, 0.1) is 0 Å². The fourth-order valence-electron chi connectivity index (χ4n) is 1.19. The van der Waals surface area contributed by atoms with Gasteiger partial charge in [-0.1, -0.05) is 30.9 Å². The molecule has 0 aliphatic carbocycles. The molecule has 0 saturated carbocycles. The molecule has 0 atom stereocenters. The Bertz CT molecular complexity index is 420. The van der Waals surface area contributed by atoms with Gasteiger partial charge in [-0.2, -0.15) is 0 Å². The van der Waals surface area contributed by atoms with E-state index in [1.807, 2.05) is 39.0 Å². The zero-order valence-electron chi connectivity index (χ0n) is 11.4. The number of aliphatic imine (C=N–C) groups is 1. The average molecular weight is 231 g/mol. The van der Waals surface area contributed by atoms with Crippen LogP contribution in [-0.2, 0) is 4.79 Å². The normalized spacial score (nSPS) is 14.9. The molecule has 0 N–H and O–H groups in total. The molecule has 0 amide bonds. The molecule has 2 heteroatoms. The highest BCUT2D eigenvalue weighted by Gasteiger charge is 2.02. The second-order valence-corrected chi connectivity index (χ2v) is 3.82. The number of nitrogens with zero attached hydrogens (tertiary/aromatic N) is 1. The first kappa shape index (κ1) is 15.3. The Kier molecular flexibility index (Phi) is 6.80. The van der Waals surface area contributed by atoms with Crippen molar-refractivity contribution in [1.29, 1.82) is 0 Å². The van der Waals surface area contributed by atoms with Crippen LogP contribution in [0.3, 0.4) is 0 Å². The maximum atomic E-state index is 11.2. The van der Waals surface area contributed by atoms with E-state index in [0.29, 0.717) is 5.57 Å². The summed E-state index contributed by atoms with van der Waals surface area (Å²) in [6, 6.07) is 0. The average Bonchev–Trinajstić information content (AvgIpc) is 2.28. The van der Waals surface area contributed by atoms with Crippen LogP contribution in [0.25, 0.3) is 0 Å². The quantitative estimate of drug-likeness (QED) is 0.399. The minimum absolute atomic E-state index is 0.0524. The Labute approximate surface area is 104 Å². The number of ketones is 1. The molecule has 0 radical (unpaired) electrons. The molecule has 0 spiro atoms. The largest absolute Gasteiger partial charge is 0.295 e. The van der Waals surface area contributed by atoms with Crippen LogP contribution in [-0.4, -0.2) is 11.5 Å². The van der Waals surface area contributed by atoms with Crippen molar-refractivity contribution in [3.05, 3.63) is 47.7 Å². The molecule has 0 saturated heterocycles. The number of hydrogen-bond acceptors (Lipinski definition) is 2. The summed E-state index contributed by atoms with van der Waals surface area (Å²) in [5.74, 6) is 0.0524. The maximum Gasteiger partial charge on any atom is 0.157 e. The molecule has 0 fully saturated rings. The fraction of sp³-hybridized carbons (Fsp3) is 0.333. The lowest BCUT2D eigenvalue weighted by Crippen LogP contribution is -1.99. The fourth-order valence-corrected chi connectivity index (χ4v) is 1.19. The first-order valence-electron chi connectivity index (χ1n) is 5.63. The van der Waals surface area contributed by atoms with Crippen molar-refractivity contribution in [2.24, 2.45) is 4.99 Å². The molecule has 0 rings (SSSR count). The van der Waals surface area contributed by atoms with Crippen LogP contribution in [0.2, 0.25) is 0 Å². The summed E-state index contributed by atoms with van der Waals surface area (Å²) in [6.07, 6.45) is 7.59. The summed E-state index contributed by atoms with van der Waals surface area (Å²) in [4.78, 5) is 15.6. The second kappa shape index (κ2) is 7.55. The Morgan fingerprint density at radius 2 is 1.76 bits per heavy atom. The van der Waals surface area contributed by atoms with Gasteiger partial charge >= 0.3 is 0 Å². The Morgan fingerprint density at radius 3 is 2.18 bits per heavy atom. The van der Waals surface area contributed by atoms with Crippen molar-refractivity contribution in [2.75, 3.05) is 0 Å². The van der Waals surface area contributed by atoms with Crippen LogP contribution in [0.15, 0.2) is 52.7 Å². The smallest absolute Gasteiger partial charge is 0.157 e. The standard InChI is InChI=1S/C15H21NO/c1-7-9-10-15(8-2)13(5)16-12(4)11(3)14(6)17/h7-10H,2H2,1,3-6H3/b9-7-,12-11+,15-10+,16-13+. The van der Waals surface area contributed by atoms with Crippen LogP contribution in [0.4, 0.5) is 0 Å². The van der Waals surface area contributed by atoms with E-state index in [2.05, 4.69) is 11.6 Å². The van der Waals surface area contributed by atoms with Crippen molar-refractivity contribution >= 4 is 11.5 Å². The summed E-state index contributed by atoms with van der Waals surface area (Å²) in [6.45, 7) is 12.8. The molecule has 92 valence electrons. The number of carbonyl (C=O) groups is 1. The zero-order valence-corrected chi connectivity index (χ0v) is 11.4. The van der Waals surface area contributed by atoms with Gasteiger partial charge in [0.15, 0.2) is 5.78 Å². The van der Waals surface area contributed by atoms with Gasteiger partial charge in [-0.25, -0.2) is 0 Å². The van der Waals surface area contributed by atoms with E-state index >= 15 is 0 Å². The van der Waals surface area contributed by atoms with Gasteiger partial charge in [0, 0.05) is 17.0 Å². The number of carbonyl (C=O) groups excluding carboxylic acids is 1. The van der Waals surface area contributed by atoms with Crippen molar-refractivity contribution in [3.63, 3.8) is 0 Å². The topological polar surface area (TPSA) is 29.4 Å². The second-order valence-electron chi connectivity index (χ2n) is 3.82. The molecule has 0 aromatic rings. The molecule has 0 heterocycles. The van der Waals surface area contributed by atoms with E-state index in [1.165, 1.54) is 0 Å². The molecule has 2 nitrogen and oxygen atoms in total. The maximum absolute atomic E-state index is 11.2. The molecule has 0 aromatic carbocycles. The summed E-state index contributed by atoms with van der Waals surface area (Å²) >= 11 is 0. The minimum Gasteiger partial charge on any atom is -0.295 e. The van der Waals surface area contributed by atoms with Crippen molar-refractivity contribution < 1.29 is 4.79 Å². The van der Waals surface area contributed by atoms with E-state index in [1.54, 1.807) is 19.9 Å². The van der Waals surface area contributed by atoms with Crippen LogP contribution in [0.5, 0.6) is 0 Å². The molecule has 0 bridgehead atoms. The Hall–Kier alpha value is -1.70. The lowest BCUT2D eigenvalue weighted by Gasteiger charge is -2.03. The van der Waals surface area contributed by atoms with Crippen molar-refractivity contribution in [1.82, 2.24) is 0 Å². The lowest BCUT2D eigenvalue weighted by molar-refractivity contribution is -0.113. The van der Waals surface area contributed by atoms with Gasteiger partial charge in [0.1, 0.15) is 0 Å². The molecular weight excluding hydrogens is 210 g/mol. The summed E-state index contributed by atoms with van der Waals surface area (Å²) in [5, 5.41) is 0. The van der Waals surface area contributed by atoms with Gasteiger partial charge in [0.25, 0.3) is 0 Å². The predicted octanol–water partition coefficient (Wildman–Crippen LogP) is 4.02. The lowest BCUT2D eigenvalue weighted by atomic mass is 10.1. The van der Waals surface area contributed by atoms with Gasteiger partial charge in [-0.05, 0) is 40.2 Å². The van der Waals surface area contributed by atoms with Gasteiger partial charge < -0.3 is 0 Å². The first-order chi connectivity index (χ1) is 7.93. The van der Waals surface area contributed by atoms with Crippen LogP contribution < -0.4 is 0 Å². The summed E-state index contributed by atoms with van der Waals surface area (Å²) in [7, 11) is 0. The van der Waals surface area contributed by atoms with Gasteiger partial charge in [-0.3, -0.25) is 9.79 Å². The van der Waals surface area contributed by atoms with Crippen LogP contribution in [0, 0.1) is 0 Å². The zero-order chi connectivity index (χ0) is 13.4. The Morgan fingerprint density at radius 1 is 1.18 bits per heavy atom. The molecule has 0 unspecified atom stereocenters. The van der Waals surface area contributed by atoms with E-state index < -0.39 is 0 Å². The molecular formula is C15H21NO. The van der Waals surface area contributed by atoms with Crippen molar-refractivity contribution in [3.8, 4) is 0 Å². The first-order valence-corrected chi connectivity index (χ1v) is 5.63. The molecule has 0 aliphatic heterocycles. The summed E-state index contributed by atoms with van der Waals surface area (Å²) in [5.41, 5.74) is 3.26. The summed E-state index contributed by atoms with van der Waals surface area (Å²) < 4.78 is 0. The molecule has 0 aromatic heterocycles. The number of rotatable bonds is 5. The Balaban J connectivity index is 5.29. The van der Waals surface area contributed by atoms with E-state index in [0.717, 1.165) is 17.0 Å². The van der Waals surface area contributed by atoms with E-state index in [-0.39, 0.29) is 5.78 Å². The van der Waals surface area contributed by atoms with Gasteiger partial charge in [-0.15, -0.1) is 0 Å². The van der Waals surface area contributed by atoms with Crippen LogP contribution in [0.1, 0.15) is 34.6 Å². The van der Waals surface area contributed by atoms with Crippen LogP contribution >= 0.6 is 0 Å². The molecule has 0 aliphatic rings. The highest BCUT2D eigenvalue weighted by atomic mass is 16.1. The highest BCUT2D eigenvalue weighted by Crippen LogP contribution is 2.09. The number of hydrogen-bond donors (Lipinski definition) is 0. The highest BCUT2D eigenvalue weighted by molar-refractivity contribution is 6.02. The van der Waals surface area contributed by atoms with Crippen molar-refractivity contribution in [2.45, 2.75) is 34.6 Å². The van der Waals surface area contributed by atoms with Gasteiger partial charge in [0.2, 0.25) is 0 Å². The third kappa shape index (κ3) is 5.25. The van der Waals surface area contributed by atoms with E-state index in [4.69, 9.17) is 0 Å². The number of allylic oxidation sites excluding steroid dienone is 7. The molecule has 17 heavy (non-hydrogen) atoms. The number of Topliss-reactive ketones (excluding diaryl/α,β-unsaturated/α-hetero) is 1. The third-order valence-corrected chi connectivity index (χ3v) is 2.51. The van der Waals surface area contributed by atoms with E-state index in [9.17, 15) is 4.79 Å². The minimum atomic E-state index is 0.0524. The predicted molar refractivity (Wildman–Crippen MR) is 75.3 cm³/mol.